The number of rotatable bonds is 3. The third-order valence-electron chi connectivity index (χ3n) is 1.99. The van der Waals surface area contributed by atoms with E-state index in [0.717, 1.165) is 5.56 Å². The Balaban J connectivity index is 2.93. The Morgan fingerprint density at radius 1 is 1.31 bits per heavy atom. The molecular formula is C11H10ClN3S. The van der Waals surface area contributed by atoms with Gasteiger partial charge in [0.1, 0.15) is 16.6 Å². The van der Waals surface area contributed by atoms with Crippen LogP contribution in [0.25, 0.3) is 0 Å². The van der Waals surface area contributed by atoms with Gasteiger partial charge in [-0.2, -0.15) is 5.26 Å². The van der Waals surface area contributed by atoms with Crippen molar-refractivity contribution in [3.8, 4) is 6.07 Å². The van der Waals surface area contributed by atoms with Gasteiger partial charge in [-0.25, -0.2) is 0 Å². The van der Waals surface area contributed by atoms with Gasteiger partial charge in [-0.15, -0.1) is 0 Å². The van der Waals surface area contributed by atoms with Crippen LogP contribution in [0, 0.1) is 11.3 Å². The predicted octanol–water partition coefficient (Wildman–Crippen LogP) is 1.90. The number of allylic oxidation sites excluding steroid dienone is 1. The minimum atomic E-state index is 0.0222. The lowest BCUT2D eigenvalue weighted by atomic mass is 10.1. The molecular weight excluding hydrogens is 242 g/mol. The first-order chi connectivity index (χ1) is 7.54. The van der Waals surface area contributed by atoms with Gasteiger partial charge in [-0.1, -0.05) is 36.0 Å². The molecule has 0 radical (unpaired) electrons. The van der Waals surface area contributed by atoms with Crippen LogP contribution in [0.15, 0.2) is 35.5 Å². The van der Waals surface area contributed by atoms with Gasteiger partial charge in [0.2, 0.25) is 0 Å². The maximum atomic E-state index is 8.81. The summed E-state index contributed by atoms with van der Waals surface area (Å²) in [6.07, 6.45) is 0.428. The summed E-state index contributed by atoms with van der Waals surface area (Å²) in [5.74, 6) is 0. The van der Waals surface area contributed by atoms with E-state index in [4.69, 9.17) is 40.5 Å². The van der Waals surface area contributed by atoms with E-state index in [2.05, 4.69) is 0 Å². The summed E-state index contributed by atoms with van der Waals surface area (Å²) in [6.45, 7) is 0. The summed E-state index contributed by atoms with van der Waals surface area (Å²) < 4.78 is 0. The zero-order valence-corrected chi connectivity index (χ0v) is 9.98. The number of nitrogens with zero attached hydrogens (tertiary/aromatic N) is 1. The Bertz CT molecular complexity index is 471. The highest BCUT2D eigenvalue weighted by atomic mass is 35.5. The van der Waals surface area contributed by atoms with Crippen LogP contribution in [-0.4, -0.2) is 4.99 Å². The molecule has 4 N–H and O–H groups in total. The maximum absolute atomic E-state index is 8.81. The molecule has 0 fully saturated rings. The largest absolute Gasteiger partial charge is 0.401 e. The van der Waals surface area contributed by atoms with Crippen LogP contribution in [0.3, 0.4) is 0 Å². The summed E-state index contributed by atoms with van der Waals surface area (Å²) >= 11 is 10.5. The van der Waals surface area contributed by atoms with Crippen molar-refractivity contribution in [1.82, 2.24) is 0 Å². The van der Waals surface area contributed by atoms with Gasteiger partial charge in [0, 0.05) is 17.1 Å². The molecule has 0 atom stereocenters. The van der Waals surface area contributed by atoms with E-state index in [-0.39, 0.29) is 10.6 Å². The van der Waals surface area contributed by atoms with E-state index in [1.165, 1.54) is 0 Å². The van der Waals surface area contributed by atoms with E-state index in [0.29, 0.717) is 17.1 Å². The highest BCUT2D eigenvalue weighted by Gasteiger charge is 2.06. The van der Waals surface area contributed by atoms with Crippen LogP contribution in [0.2, 0.25) is 5.02 Å². The van der Waals surface area contributed by atoms with Gasteiger partial charge in [-0.05, 0) is 17.7 Å². The van der Waals surface area contributed by atoms with Crippen molar-refractivity contribution in [2.75, 3.05) is 0 Å². The molecule has 0 aliphatic rings. The zero-order chi connectivity index (χ0) is 12.1. The monoisotopic (exact) mass is 251 g/mol. The quantitative estimate of drug-likeness (QED) is 0.489. The maximum Gasteiger partial charge on any atom is 0.116 e. The minimum Gasteiger partial charge on any atom is -0.401 e. The molecule has 5 heteroatoms. The number of hydrogen-bond acceptors (Lipinski definition) is 3. The Kier molecular flexibility index (Phi) is 4.29. The fourth-order valence-electron chi connectivity index (χ4n) is 1.20. The molecule has 0 unspecified atom stereocenters. The van der Waals surface area contributed by atoms with Gasteiger partial charge < -0.3 is 11.5 Å². The SMILES string of the molecule is N#C/C(C(N)=S)=C(\N)Cc1ccc(Cl)cc1. The topological polar surface area (TPSA) is 75.8 Å². The Hall–Kier alpha value is -1.57. The number of benzene rings is 1. The van der Waals surface area contributed by atoms with E-state index >= 15 is 0 Å². The van der Waals surface area contributed by atoms with Crippen LogP contribution in [-0.2, 0) is 6.42 Å². The molecule has 0 bridgehead atoms. The van der Waals surface area contributed by atoms with E-state index in [1.54, 1.807) is 12.1 Å². The van der Waals surface area contributed by atoms with Crippen LogP contribution in [0.5, 0.6) is 0 Å². The lowest BCUT2D eigenvalue weighted by Crippen LogP contribution is -2.17. The Morgan fingerprint density at radius 3 is 2.31 bits per heavy atom. The molecule has 1 aromatic carbocycles. The van der Waals surface area contributed by atoms with Gasteiger partial charge in [-0.3, -0.25) is 0 Å². The molecule has 0 heterocycles. The molecule has 16 heavy (non-hydrogen) atoms. The molecule has 0 aromatic heterocycles. The van der Waals surface area contributed by atoms with Crippen LogP contribution in [0.4, 0.5) is 0 Å². The first kappa shape index (κ1) is 12.5. The lowest BCUT2D eigenvalue weighted by Gasteiger charge is -2.04. The lowest BCUT2D eigenvalue weighted by molar-refractivity contribution is 1.10. The van der Waals surface area contributed by atoms with Crippen LogP contribution < -0.4 is 11.5 Å². The van der Waals surface area contributed by atoms with Crippen LogP contribution in [0.1, 0.15) is 5.56 Å². The molecule has 0 aliphatic heterocycles. The molecule has 1 rings (SSSR count). The van der Waals surface area contributed by atoms with E-state index in [1.807, 2.05) is 18.2 Å². The molecule has 82 valence electrons. The number of hydrogen-bond donors (Lipinski definition) is 2. The fourth-order valence-corrected chi connectivity index (χ4v) is 1.50. The van der Waals surface area contributed by atoms with Crippen molar-refractivity contribution >= 4 is 28.8 Å². The second-order valence-corrected chi connectivity index (χ2v) is 4.06. The van der Waals surface area contributed by atoms with Crippen molar-refractivity contribution < 1.29 is 0 Å². The number of nitriles is 1. The summed E-state index contributed by atoms with van der Waals surface area (Å²) in [4.78, 5) is 0.0222. The van der Waals surface area contributed by atoms with E-state index in [9.17, 15) is 0 Å². The smallest absolute Gasteiger partial charge is 0.116 e. The predicted molar refractivity (Wildman–Crippen MR) is 68.8 cm³/mol. The Morgan fingerprint density at radius 2 is 1.88 bits per heavy atom. The van der Waals surface area contributed by atoms with Crippen molar-refractivity contribution in [1.29, 1.82) is 5.26 Å². The number of halogens is 1. The van der Waals surface area contributed by atoms with Crippen molar-refractivity contribution in [3.05, 3.63) is 46.1 Å². The minimum absolute atomic E-state index is 0.0222. The molecule has 0 saturated carbocycles. The highest BCUT2D eigenvalue weighted by molar-refractivity contribution is 7.80. The van der Waals surface area contributed by atoms with Gasteiger partial charge in [0.15, 0.2) is 0 Å². The van der Waals surface area contributed by atoms with Crippen molar-refractivity contribution in [2.24, 2.45) is 11.5 Å². The normalized spacial score (nSPS) is 11.5. The average molecular weight is 252 g/mol. The van der Waals surface area contributed by atoms with Gasteiger partial charge >= 0.3 is 0 Å². The first-order valence-corrected chi connectivity index (χ1v) is 5.26. The molecule has 0 amide bonds. The second kappa shape index (κ2) is 5.50. The van der Waals surface area contributed by atoms with Crippen molar-refractivity contribution in [3.63, 3.8) is 0 Å². The number of thiocarbonyl (C=S) groups is 1. The summed E-state index contributed by atoms with van der Waals surface area (Å²) in [5, 5.41) is 9.47. The molecule has 0 aliphatic carbocycles. The summed E-state index contributed by atoms with van der Waals surface area (Å²) in [7, 11) is 0. The summed E-state index contributed by atoms with van der Waals surface area (Å²) in [5.41, 5.74) is 12.6. The van der Waals surface area contributed by atoms with Gasteiger partial charge in [0.25, 0.3) is 0 Å². The third kappa shape index (κ3) is 3.23. The first-order valence-electron chi connectivity index (χ1n) is 4.47. The fraction of sp³-hybridized carbons (Fsp3) is 0.0909. The molecule has 3 nitrogen and oxygen atoms in total. The zero-order valence-electron chi connectivity index (χ0n) is 8.40. The Labute approximate surface area is 104 Å². The second-order valence-electron chi connectivity index (χ2n) is 3.18. The number of nitrogens with two attached hydrogens (primary N) is 2. The van der Waals surface area contributed by atoms with Crippen molar-refractivity contribution in [2.45, 2.75) is 6.42 Å². The summed E-state index contributed by atoms with van der Waals surface area (Å²) in [6, 6.07) is 9.09. The van der Waals surface area contributed by atoms with E-state index < -0.39 is 0 Å². The molecule has 0 saturated heterocycles. The molecule has 1 aromatic rings. The average Bonchev–Trinajstić information content (AvgIpc) is 2.22. The highest BCUT2D eigenvalue weighted by Crippen LogP contribution is 2.13. The standard InChI is InChI=1S/C11H10ClN3S/c12-8-3-1-7(2-4-8)5-10(14)9(6-13)11(15)16/h1-4H,5,14H2,(H2,15,16)/b10-9+. The third-order valence-corrected chi connectivity index (χ3v) is 2.44. The van der Waals surface area contributed by atoms with Gasteiger partial charge in [0.05, 0.1) is 0 Å². The van der Waals surface area contributed by atoms with Crippen LogP contribution >= 0.6 is 23.8 Å². The molecule has 0 spiro atoms.